The van der Waals surface area contributed by atoms with Crippen LogP contribution in [0.3, 0.4) is 0 Å². The van der Waals surface area contributed by atoms with Gasteiger partial charge in [0, 0.05) is 5.75 Å². The molecule has 0 aliphatic rings. The molecule has 0 amide bonds. The molecule has 2 aromatic carbocycles. The van der Waals surface area contributed by atoms with Crippen molar-refractivity contribution in [2.45, 2.75) is 0 Å². The average molecular weight is 289 g/mol. The molecule has 0 saturated carbocycles. The molecule has 0 fully saturated rings. The van der Waals surface area contributed by atoms with E-state index >= 15 is 0 Å². The van der Waals surface area contributed by atoms with Crippen LogP contribution in [-0.2, 0) is 20.4 Å². The topological polar surface area (TPSA) is 9.23 Å². The maximum absolute atomic E-state index is 5.06. The summed E-state index contributed by atoms with van der Waals surface area (Å²) in [5.74, 6) is 0.824. The van der Waals surface area contributed by atoms with Crippen LogP contribution in [-0.4, -0.2) is 7.11 Å². The van der Waals surface area contributed by atoms with Gasteiger partial charge in [-0.05, 0) is 0 Å². The number of hydrogen-bond donors (Lipinski definition) is 0. The minimum atomic E-state index is 0. The number of rotatable bonds is 2. The largest absolute Gasteiger partial charge is 2.00 e. The van der Waals surface area contributed by atoms with Gasteiger partial charge in [0.2, 0.25) is 0 Å². The van der Waals surface area contributed by atoms with E-state index in [2.05, 4.69) is 12.1 Å². The smallest absolute Gasteiger partial charge is 0.540 e. The molecule has 2 rings (SSSR count). The zero-order valence-corrected chi connectivity index (χ0v) is 9.82. The Hall–Kier alpha value is -1.10. The molecule has 15 heavy (non-hydrogen) atoms. The van der Waals surface area contributed by atoms with E-state index in [1.807, 2.05) is 42.5 Å². The van der Waals surface area contributed by atoms with Crippen molar-refractivity contribution in [1.82, 2.24) is 0 Å². The van der Waals surface area contributed by atoms with Gasteiger partial charge in [0.25, 0.3) is 0 Å². The SMILES string of the molecule is COc1c[c-]c(-c2[c-]cccc2)cc1.[Pd+2]. The summed E-state index contributed by atoms with van der Waals surface area (Å²) in [6.45, 7) is 0. The summed E-state index contributed by atoms with van der Waals surface area (Å²) in [6.07, 6.45) is 0. The second-order valence-electron chi connectivity index (χ2n) is 2.92. The zero-order chi connectivity index (χ0) is 9.80. The Kier molecular flexibility index (Phi) is 4.55. The van der Waals surface area contributed by atoms with Crippen molar-refractivity contribution in [3.8, 4) is 16.9 Å². The predicted molar refractivity (Wildman–Crippen MR) is 56.1 cm³/mol. The van der Waals surface area contributed by atoms with Crippen LogP contribution in [0.5, 0.6) is 5.75 Å². The Bertz CT molecular complexity index is 395. The standard InChI is InChI=1S/C13H10O.Pd/c1-14-13-9-7-12(8-10-13)11-5-3-2-4-6-11;/h2-5,7,9-10H,1H3;/q-2;+2. The first kappa shape index (κ1) is 12.0. The summed E-state index contributed by atoms with van der Waals surface area (Å²) in [5.41, 5.74) is 2.08. The fourth-order valence-electron chi connectivity index (χ4n) is 1.27. The molecule has 0 spiro atoms. The Morgan fingerprint density at radius 1 is 1.00 bits per heavy atom. The van der Waals surface area contributed by atoms with Crippen LogP contribution in [0.4, 0.5) is 0 Å². The van der Waals surface area contributed by atoms with E-state index in [4.69, 9.17) is 4.74 Å². The van der Waals surface area contributed by atoms with Gasteiger partial charge in [-0.1, -0.05) is 0 Å². The monoisotopic (exact) mass is 288 g/mol. The van der Waals surface area contributed by atoms with Gasteiger partial charge in [-0.15, -0.1) is 18.2 Å². The van der Waals surface area contributed by atoms with Crippen LogP contribution in [0.1, 0.15) is 0 Å². The van der Waals surface area contributed by atoms with Crippen LogP contribution in [0.2, 0.25) is 0 Å². The summed E-state index contributed by atoms with van der Waals surface area (Å²) in [4.78, 5) is 0. The number of hydrogen-bond acceptors (Lipinski definition) is 1. The minimum absolute atomic E-state index is 0. The minimum Gasteiger partial charge on any atom is -0.540 e. The maximum atomic E-state index is 5.06. The van der Waals surface area contributed by atoms with E-state index in [0.29, 0.717) is 0 Å². The molecule has 0 aliphatic carbocycles. The normalized spacial score (nSPS) is 9.13. The van der Waals surface area contributed by atoms with Crippen LogP contribution < -0.4 is 4.74 Å². The van der Waals surface area contributed by atoms with Gasteiger partial charge in [0.05, 0.1) is 7.11 Å². The van der Waals surface area contributed by atoms with Crippen LogP contribution >= 0.6 is 0 Å². The molecule has 0 saturated heterocycles. The van der Waals surface area contributed by atoms with Gasteiger partial charge in [-0.25, -0.2) is 11.1 Å². The number of benzene rings is 2. The molecule has 0 aliphatic heterocycles. The van der Waals surface area contributed by atoms with Gasteiger partial charge in [0.1, 0.15) is 0 Å². The van der Waals surface area contributed by atoms with Crippen molar-refractivity contribution < 1.29 is 25.2 Å². The van der Waals surface area contributed by atoms with E-state index in [9.17, 15) is 0 Å². The van der Waals surface area contributed by atoms with Gasteiger partial charge in [-0.3, -0.25) is 0 Å². The van der Waals surface area contributed by atoms with Crippen molar-refractivity contribution >= 4 is 0 Å². The molecular weight excluding hydrogens is 279 g/mol. The van der Waals surface area contributed by atoms with Gasteiger partial charge >= 0.3 is 20.4 Å². The van der Waals surface area contributed by atoms with E-state index in [0.717, 1.165) is 16.9 Å². The fraction of sp³-hybridized carbons (Fsp3) is 0.0769. The van der Waals surface area contributed by atoms with E-state index in [1.54, 1.807) is 7.11 Å². The fourth-order valence-corrected chi connectivity index (χ4v) is 1.27. The van der Waals surface area contributed by atoms with Crippen LogP contribution in [0.25, 0.3) is 11.1 Å². The Morgan fingerprint density at radius 3 is 2.33 bits per heavy atom. The summed E-state index contributed by atoms with van der Waals surface area (Å²) in [6, 6.07) is 19.9. The Balaban J connectivity index is 0.00000112. The third-order valence-corrected chi connectivity index (χ3v) is 2.02. The summed E-state index contributed by atoms with van der Waals surface area (Å²) in [5, 5.41) is 0. The number of methoxy groups -OCH3 is 1. The average Bonchev–Trinajstić information content (AvgIpc) is 2.30. The second kappa shape index (κ2) is 5.70. The zero-order valence-electron chi connectivity index (χ0n) is 8.27. The molecule has 0 unspecified atom stereocenters. The molecule has 0 N–H and O–H groups in total. The molecule has 2 aromatic rings. The molecular formula is C13H10OPd. The first-order chi connectivity index (χ1) is 6.90. The maximum Gasteiger partial charge on any atom is 2.00 e. The van der Waals surface area contributed by atoms with Crippen molar-refractivity contribution in [3.05, 3.63) is 54.6 Å². The Labute approximate surface area is 104 Å². The molecule has 78 valence electrons. The van der Waals surface area contributed by atoms with Crippen LogP contribution in [0, 0.1) is 12.1 Å². The second-order valence-corrected chi connectivity index (χ2v) is 2.92. The molecule has 0 heterocycles. The van der Waals surface area contributed by atoms with Gasteiger partial charge in [-0.2, -0.15) is 36.4 Å². The van der Waals surface area contributed by atoms with Crippen molar-refractivity contribution in [1.29, 1.82) is 0 Å². The van der Waals surface area contributed by atoms with E-state index < -0.39 is 0 Å². The molecule has 0 radical (unpaired) electrons. The number of ether oxygens (including phenoxy) is 1. The van der Waals surface area contributed by atoms with Crippen LogP contribution in [0.15, 0.2) is 42.5 Å². The van der Waals surface area contributed by atoms with E-state index in [1.165, 1.54) is 0 Å². The molecule has 2 heteroatoms. The third kappa shape index (κ3) is 2.92. The quantitative estimate of drug-likeness (QED) is 0.610. The third-order valence-electron chi connectivity index (χ3n) is 2.02. The molecule has 0 bridgehead atoms. The van der Waals surface area contributed by atoms with Gasteiger partial charge < -0.3 is 4.74 Å². The summed E-state index contributed by atoms with van der Waals surface area (Å²) < 4.78 is 5.06. The first-order valence-electron chi connectivity index (χ1n) is 4.43. The van der Waals surface area contributed by atoms with E-state index in [-0.39, 0.29) is 20.4 Å². The molecule has 1 nitrogen and oxygen atoms in total. The van der Waals surface area contributed by atoms with Crippen molar-refractivity contribution in [2.24, 2.45) is 0 Å². The molecule has 0 atom stereocenters. The summed E-state index contributed by atoms with van der Waals surface area (Å²) >= 11 is 0. The summed E-state index contributed by atoms with van der Waals surface area (Å²) in [7, 11) is 1.65. The van der Waals surface area contributed by atoms with Gasteiger partial charge in [0.15, 0.2) is 0 Å². The van der Waals surface area contributed by atoms with Crippen molar-refractivity contribution in [2.75, 3.05) is 7.11 Å². The first-order valence-corrected chi connectivity index (χ1v) is 4.43. The predicted octanol–water partition coefficient (Wildman–Crippen LogP) is 2.96. The Morgan fingerprint density at radius 2 is 1.80 bits per heavy atom. The molecule has 0 aromatic heterocycles. The van der Waals surface area contributed by atoms with Crippen molar-refractivity contribution in [3.63, 3.8) is 0 Å².